The summed E-state index contributed by atoms with van der Waals surface area (Å²) in [7, 11) is 0. The number of hydrogen-bond acceptors (Lipinski definition) is 1. The molecule has 254 valence electrons. The molecule has 12 aromatic rings. The van der Waals surface area contributed by atoms with Crippen LogP contribution in [-0.2, 0) is 0 Å². The van der Waals surface area contributed by atoms with E-state index in [2.05, 4.69) is 194 Å². The van der Waals surface area contributed by atoms with Crippen LogP contribution in [-0.4, -0.2) is 0 Å². The molecular weight excluding hydrogens is 665 g/mol. The molecule has 1 nitrogen and oxygen atoms in total. The van der Waals surface area contributed by atoms with Crippen LogP contribution in [0.2, 0.25) is 0 Å². The Balaban J connectivity index is 0.980. The van der Waals surface area contributed by atoms with Gasteiger partial charge in [-0.2, -0.15) is 0 Å². The van der Waals surface area contributed by atoms with E-state index in [0.717, 1.165) is 27.3 Å². The Morgan fingerprint density at radius 2 is 0.745 bits per heavy atom. The van der Waals surface area contributed by atoms with Gasteiger partial charge < -0.3 is 4.42 Å². The molecule has 1 aromatic heterocycles. The monoisotopic (exact) mass is 696 g/mol. The van der Waals surface area contributed by atoms with Gasteiger partial charge in [0, 0.05) is 16.2 Å². The minimum atomic E-state index is 0.923. The van der Waals surface area contributed by atoms with Crippen LogP contribution < -0.4 is 0 Å². The minimum Gasteiger partial charge on any atom is -0.455 e. The van der Waals surface area contributed by atoms with Gasteiger partial charge in [-0.05, 0) is 129 Å². The van der Waals surface area contributed by atoms with E-state index < -0.39 is 0 Å². The van der Waals surface area contributed by atoms with Gasteiger partial charge in [-0.25, -0.2) is 0 Å². The highest BCUT2D eigenvalue weighted by molar-refractivity contribution is 6.24. The van der Waals surface area contributed by atoms with Gasteiger partial charge in [-0.15, -0.1) is 0 Å². The molecule has 0 atom stereocenters. The largest absolute Gasteiger partial charge is 0.455 e. The zero-order chi connectivity index (χ0) is 36.0. The van der Waals surface area contributed by atoms with Gasteiger partial charge in [-0.3, -0.25) is 0 Å². The minimum absolute atomic E-state index is 0.923. The van der Waals surface area contributed by atoms with Crippen LogP contribution in [0.15, 0.2) is 199 Å². The number of fused-ring (bicyclic) bond motifs is 10. The second kappa shape index (κ2) is 11.6. The Hall–Kier alpha value is -7.22. The standard InChI is InChI=1S/C54H32O/c1-3-13-42-33(10-1)12-9-19-44(42)53-47-17-7-5-15-45(47)52(46-16-6-8-18-48(46)53)40-25-24-36-28-35(20-21-37(36)29-40)38-22-23-39-31-50-49-27-26-34-11-2-4-14-43(34)54(49)55-51(50)32-41(39)30-38/h1-32H. The lowest BCUT2D eigenvalue weighted by molar-refractivity contribution is 0.673. The summed E-state index contributed by atoms with van der Waals surface area (Å²) in [4.78, 5) is 0. The third-order valence-electron chi connectivity index (χ3n) is 11.8. The first-order valence-electron chi connectivity index (χ1n) is 19.0. The number of furan rings is 1. The SMILES string of the molecule is c1ccc2c(-c3c4ccccc4c(-c4ccc5cc(-c6ccc7cc8c(cc7c6)oc6c7ccccc7ccc86)ccc5c4)c4ccccc34)cccc2c1. The summed E-state index contributed by atoms with van der Waals surface area (Å²) in [6.07, 6.45) is 0. The summed E-state index contributed by atoms with van der Waals surface area (Å²) in [6, 6.07) is 71.2. The lowest BCUT2D eigenvalue weighted by Gasteiger charge is -2.19. The van der Waals surface area contributed by atoms with Crippen molar-refractivity contribution in [3.63, 3.8) is 0 Å². The molecule has 0 fully saturated rings. The van der Waals surface area contributed by atoms with Crippen LogP contribution in [0.3, 0.4) is 0 Å². The molecule has 0 saturated heterocycles. The Labute approximate surface area is 317 Å². The quantitative estimate of drug-likeness (QED) is 0.168. The summed E-state index contributed by atoms with van der Waals surface area (Å²) >= 11 is 0. The van der Waals surface area contributed by atoms with Crippen LogP contribution >= 0.6 is 0 Å². The zero-order valence-electron chi connectivity index (χ0n) is 29.9. The third kappa shape index (κ3) is 4.60. The maximum atomic E-state index is 6.52. The molecule has 0 aliphatic heterocycles. The molecule has 12 rings (SSSR count). The van der Waals surface area contributed by atoms with Crippen molar-refractivity contribution in [1.82, 2.24) is 0 Å². The molecule has 0 saturated carbocycles. The molecule has 0 amide bonds. The van der Waals surface area contributed by atoms with Crippen molar-refractivity contribution < 1.29 is 4.42 Å². The molecule has 1 heteroatoms. The maximum absolute atomic E-state index is 6.52. The molecule has 1 heterocycles. The highest BCUT2D eigenvalue weighted by Gasteiger charge is 2.18. The molecule has 0 spiro atoms. The fraction of sp³-hybridized carbons (Fsp3) is 0. The maximum Gasteiger partial charge on any atom is 0.143 e. The highest BCUT2D eigenvalue weighted by atomic mass is 16.3. The Morgan fingerprint density at radius 3 is 1.44 bits per heavy atom. The summed E-state index contributed by atoms with van der Waals surface area (Å²) in [6.45, 7) is 0. The normalized spacial score (nSPS) is 12.0. The Kier molecular flexibility index (Phi) is 6.40. The highest BCUT2D eigenvalue weighted by Crippen LogP contribution is 2.46. The van der Waals surface area contributed by atoms with E-state index >= 15 is 0 Å². The number of hydrogen-bond donors (Lipinski definition) is 0. The summed E-state index contributed by atoms with van der Waals surface area (Å²) in [5, 5.41) is 17.1. The first kappa shape index (κ1) is 30.3. The van der Waals surface area contributed by atoms with Gasteiger partial charge in [0.15, 0.2) is 0 Å². The van der Waals surface area contributed by atoms with Gasteiger partial charge in [0.05, 0.1) is 0 Å². The molecule has 0 N–H and O–H groups in total. The Morgan fingerprint density at radius 1 is 0.255 bits per heavy atom. The number of rotatable bonds is 3. The number of benzene rings is 11. The molecule has 0 aliphatic rings. The Bertz CT molecular complexity index is 3490. The van der Waals surface area contributed by atoms with Crippen molar-refractivity contribution in [2.24, 2.45) is 0 Å². The first-order chi connectivity index (χ1) is 27.2. The molecule has 11 aromatic carbocycles. The van der Waals surface area contributed by atoms with Crippen LogP contribution in [0, 0.1) is 0 Å². The first-order valence-corrected chi connectivity index (χ1v) is 19.0. The van der Waals surface area contributed by atoms with Crippen molar-refractivity contribution in [2.45, 2.75) is 0 Å². The van der Waals surface area contributed by atoms with Gasteiger partial charge >= 0.3 is 0 Å². The van der Waals surface area contributed by atoms with E-state index in [0.29, 0.717) is 0 Å². The van der Waals surface area contributed by atoms with Gasteiger partial charge in [-0.1, -0.05) is 158 Å². The van der Waals surface area contributed by atoms with E-state index in [1.54, 1.807) is 0 Å². The fourth-order valence-electron chi connectivity index (χ4n) is 9.18. The van der Waals surface area contributed by atoms with Crippen molar-refractivity contribution >= 4 is 86.6 Å². The van der Waals surface area contributed by atoms with Crippen LogP contribution in [0.4, 0.5) is 0 Å². The molecule has 55 heavy (non-hydrogen) atoms. The van der Waals surface area contributed by atoms with Crippen LogP contribution in [0.5, 0.6) is 0 Å². The second-order valence-corrected chi connectivity index (χ2v) is 14.8. The van der Waals surface area contributed by atoms with Crippen LogP contribution in [0.1, 0.15) is 0 Å². The van der Waals surface area contributed by atoms with Crippen molar-refractivity contribution in [3.05, 3.63) is 194 Å². The van der Waals surface area contributed by atoms with Crippen molar-refractivity contribution in [3.8, 4) is 33.4 Å². The van der Waals surface area contributed by atoms with E-state index in [9.17, 15) is 0 Å². The predicted molar refractivity (Wildman–Crippen MR) is 235 cm³/mol. The van der Waals surface area contributed by atoms with Gasteiger partial charge in [0.1, 0.15) is 11.2 Å². The molecular formula is C54H32O. The average Bonchev–Trinajstić information content (AvgIpc) is 3.62. The topological polar surface area (TPSA) is 13.1 Å². The lowest BCUT2D eigenvalue weighted by atomic mass is 9.84. The summed E-state index contributed by atoms with van der Waals surface area (Å²) < 4.78 is 6.52. The van der Waals surface area contributed by atoms with Crippen LogP contribution in [0.25, 0.3) is 120 Å². The summed E-state index contributed by atoms with van der Waals surface area (Å²) in [5.41, 5.74) is 9.35. The van der Waals surface area contributed by atoms with Crippen molar-refractivity contribution in [2.75, 3.05) is 0 Å². The van der Waals surface area contributed by atoms with E-state index in [-0.39, 0.29) is 0 Å². The van der Waals surface area contributed by atoms with Crippen molar-refractivity contribution in [1.29, 1.82) is 0 Å². The average molecular weight is 697 g/mol. The lowest BCUT2D eigenvalue weighted by Crippen LogP contribution is -1.91. The predicted octanol–water partition coefficient (Wildman–Crippen LogP) is 15.5. The van der Waals surface area contributed by atoms with E-state index in [4.69, 9.17) is 4.42 Å². The molecule has 0 unspecified atom stereocenters. The zero-order valence-corrected chi connectivity index (χ0v) is 29.9. The molecule has 0 bridgehead atoms. The van der Waals surface area contributed by atoms with E-state index in [1.165, 1.54) is 92.6 Å². The third-order valence-corrected chi connectivity index (χ3v) is 11.8. The molecule has 0 radical (unpaired) electrons. The fourth-order valence-corrected chi connectivity index (χ4v) is 9.18. The van der Waals surface area contributed by atoms with Gasteiger partial charge in [0.2, 0.25) is 0 Å². The molecule has 0 aliphatic carbocycles. The second-order valence-electron chi connectivity index (χ2n) is 14.8. The van der Waals surface area contributed by atoms with E-state index in [1.807, 2.05) is 0 Å². The summed E-state index contributed by atoms with van der Waals surface area (Å²) in [5.74, 6) is 0. The van der Waals surface area contributed by atoms with Gasteiger partial charge in [0.25, 0.3) is 0 Å². The smallest absolute Gasteiger partial charge is 0.143 e.